The highest BCUT2D eigenvalue weighted by molar-refractivity contribution is 5.83. The second-order valence-electron chi connectivity index (χ2n) is 6.44. The molecule has 2 heterocycles. The molecule has 0 spiro atoms. The number of ether oxygens (including phenoxy) is 1. The Kier molecular flexibility index (Phi) is 5.95. The van der Waals surface area contributed by atoms with Gasteiger partial charge in [-0.05, 0) is 36.4 Å². The predicted octanol–water partition coefficient (Wildman–Crippen LogP) is 2.74. The maximum atomic E-state index is 13.2. The summed E-state index contributed by atoms with van der Waals surface area (Å²) in [5, 5.41) is 17.0. The van der Waals surface area contributed by atoms with Crippen LogP contribution in [0.1, 0.15) is 5.56 Å². The first-order valence-electron chi connectivity index (χ1n) is 9.36. The maximum absolute atomic E-state index is 13.2. The van der Waals surface area contributed by atoms with Crippen molar-refractivity contribution in [3.63, 3.8) is 0 Å². The van der Waals surface area contributed by atoms with Gasteiger partial charge in [-0.25, -0.2) is 9.82 Å². The van der Waals surface area contributed by atoms with Crippen LogP contribution >= 0.6 is 0 Å². The van der Waals surface area contributed by atoms with E-state index >= 15 is 0 Å². The molecule has 1 aromatic heterocycles. The van der Waals surface area contributed by atoms with E-state index in [1.807, 2.05) is 4.90 Å². The van der Waals surface area contributed by atoms with Crippen molar-refractivity contribution in [2.45, 2.75) is 0 Å². The van der Waals surface area contributed by atoms with Gasteiger partial charge in [-0.15, -0.1) is 0 Å². The minimum Gasteiger partial charge on any atom is -0.507 e. The second kappa shape index (κ2) is 9.14. The van der Waals surface area contributed by atoms with Crippen molar-refractivity contribution in [1.29, 1.82) is 0 Å². The van der Waals surface area contributed by atoms with Gasteiger partial charge < -0.3 is 20.1 Å². The highest BCUT2D eigenvalue weighted by atomic mass is 19.1. The van der Waals surface area contributed by atoms with E-state index in [4.69, 9.17) is 4.74 Å². The number of morpholine rings is 1. The molecule has 0 aliphatic carbocycles. The van der Waals surface area contributed by atoms with Gasteiger partial charge in [0.1, 0.15) is 11.6 Å². The number of hydrogen-bond donors (Lipinski definition) is 3. The molecule has 1 aliphatic heterocycles. The lowest BCUT2D eigenvalue weighted by Gasteiger charge is -2.27. The molecule has 0 bridgehead atoms. The second-order valence-corrected chi connectivity index (χ2v) is 6.44. The average Bonchev–Trinajstić information content (AvgIpc) is 2.77. The zero-order chi connectivity index (χ0) is 20.8. The molecule has 0 saturated carbocycles. The first-order valence-corrected chi connectivity index (χ1v) is 9.36. The molecule has 0 amide bonds. The zero-order valence-electron chi connectivity index (χ0n) is 16.0. The van der Waals surface area contributed by atoms with Crippen molar-refractivity contribution in [3.05, 3.63) is 59.9 Å². The van der Waals surface area contributed by atoms with Crippen LogP contribution in [0.3, 0.4) is 0 Å². The standard InChI is InChI=1S/C20H20FN7O2/c21-15-5-7-16(8-6-15)23-18-24-19(26-20(25-18)28-9-11-30-12-10-28)27-22-13-14-3-1-2-4-17(14)29/h1-8,13,29H,9-12H2,(H2,23,24,25,26,27)/b22-13+. The number of phenolic OH excluding ortho intramolecular Hbond substituents is 1. The Hall–Kier alpha value is -3.79. The lowest BCUT2D eigenvalue weighted by Crippen LogP contribution is -2.37. The molecule has 10 heteroatoms. The third-order valence-electron chi connectivity index (χ3n) is 4.32. The van der Waals surface area contributed by atoms with Gasteiger partial charge in [-0.3, -0.25) is 0 Å². The molecule has 1 fully saturated rings. The highest BCUT2D eigenvalue weighted by Crippen LogP contribution is 2.19. The minimum atomic E-state index is -0.328. The molecule has 0 atom stereocenters. The third kappa shape index (κ3) is 4.97. The summed E-state index contributed by atoms with van der Waals surface area (Å²) < 4.78 is 18.6. The summed E-state index contributed by atoms with van der Waals surface area (Å²) in [5.41, 5.74) is 3.96. The number of hydrazone groups is 1. The SMILES string of the molecule is Oc1ccccc1/C=N/Nc1nc(Nc2ccc(F)cc2)nc(N2CCOCC2)n1. The Morgan fingerprint density at radius 1 is 1.00 bits per heavy atom. The number of anilines is 4. The zero-order valence-corrected chi connectivity index (χ0v) is 16.0. The number of aromatic hydroxyl groups is 1. The first-order chi connectivity index (χ1) is 14.7. The van der Waals surface area contributed by atoms with E-state index in [-0.39, 0.29) is 17.5 Å². The van der Waals surface area contributed by atoms with Crippen molar-refractivity contribution >= 4 is 29.7 Å². The number of benzene rings is 2. The maximum Gasteiger partial charge on any atom is 0.250 e. The minimum absolute atomic E-state index is 0.117. The third-order valence-corrected chi connectivity index (χ3v) is 4.32. The van der Waals surface area contributed by atoms with Crippen molar-refractivity contribution in [1.82, 2.24) is 15.0 Å². The molecule has 30 heavy (non-hydrogen) atoms. The molecule has 3 aromatic rings. The normalized spacial score (nSPS) is 14.1. The summed E-state index contributed by atoms with van der Waals surface area (Å²) in [4.78, 5) is 15.2. The van der Waals surface area contributed by atoms with E-state index < -0.39 is 0 Å². The fourth-order valence-corrected chi connectivity index (χ4v) is 2.79. The molecule has 4 rings (SSSR count). The number of aromatic nitrogens is 3. The fraction of sp³-hybridized carbons (Fsp3) is 0.200. The van der Waals surface area contributed by atoms with Crippen LogP contribution in [0.4, 0.5) is 27.9 Å². The molecule has 9 nitrogen and oxygen atoms in total. The molecule has 3 N–H and O–H groups in total. The number of phenols is 1. The van der Waals surface area contributed by atoms with Gasteiger partial charge in [-0.1, -0.05) is 12.1 Å². The lowest BCUT2D eigenvalue weighted by molar-refractivity contribution is 0.122. The van der Waals surface area contributed by atoms with Gasteiger partial charge in [0.2, 0.25) is 17.8 Å². The van der Waals surface area contributed by atoms with E-state index in [1.54, 1.807) is 36.4 Å². The molecule has 2 aromatic carbocycles. The summed E-state index contributed by atoms with van der Waals surface area (Å²) in [6.45, 7) is 2.47. The smallest absolute Gasteiger partial charge is 0.250 e. The van der Waals surface area contributed by atoms with Crippen LogP contribution in [0.2, 0.25) is 0 Å². The topological polar surface area (TPSA) is 108 Å². The molecular weight excluding hydrogens is 389 g/mol. The first kappa shape index (κ1) is 19.5. The van der Waals surface area contributed by atoms with Crippen LogP contribution < -0.4 is 15.6 Å². The van der Waals surface area contributed by atoms with Crippen LogP contribution in [0.5, 0.6) is 5.75 Å². The van der Waals surface area contributed by atoms with E-state index in [1.165, 1.54) is 18.3 Å². The van der Waals surface area contributed by atoms with Gasteiger partial charge in [0.25, 0.3) is 0 Å². The molecule has 0 unspecified atom stereocenters. The summed E-state index contributed by atoms with van der Waals surface area (Å²) >= 11 is 0. The quantitative estimate of drug-likeness (QED) is 0.421. The Balaban J connectivity index is 1.57. The van der Waals surface area contributed by atoms with Crippen LogP contribution in [0.25, 0.3) is 0 Å². The van der Waals surface area contributed by atoms with Crippen molar-refractivity contribution < 1.29 is 14.2 Å². The number of para-hydroxylation sites is 1. The Labute approximate surface area is 172 Å². The van der Waals surface area contributed by atoms with Crippen LogP contribution in [-0.2, 0) is 4.74 Å². The van der Waals surface area contributed by atoms with Crippen molar-refractivity contribution in [3.8, 4) is 5.75 Å². The van der Waals surface area contributed by atoms with Gasteiger partial charge in [0, 0.05) is 24.3 Å². The monoisotopic (exact) mass is 409 g/mol. The number of hydrogen-bond acceptors (Lipinski definition) is 9. The van der Waals surface area contributed by atoms with Crippen LogP contribution in [0, 0.1) is 5.82 Å². The predicted molar refractivity (Wildman–Crippen MR) is 112 cm³/mol. The number of nitrogens with one attached hydrogen (secondary N) is 2. The fourth-order valence-electron chi connectivity index (χ4n) is 2.79. The van der Waals surface area contributed by atoms with E-state index in [2.05, 4.69) is 30.8 Å². The van der Waals surface area contributed by atoms with Gasteiger partial charge in [0.15, 0.2) is 0 Å². The summed E-state index contributed by atoms with van der Waals surface area (Å²) in [7, 11) is 0. The molecular formula is C20H20FN7O2. The summed E-state index contributed by atoms with van der Waals surface area (Å²) in [6.07, 6.45) is 1.47. The van der Waals surface area contributed by atoms with Gasteiger partial charge in [-0.2, -0.15) is 20.1 Å². The number of nitrogens with zero attached hydrogens (tertiary/aromatic N) is 5. The summed E-state index contributed by atoms with van der Waals surface area (Å²) in [6, 6.07) is 12.7. The lowest BCUT2D eigenvalue weighted by atomic mass is 10.2. The largest absolute Gasteiger partial charge is 0.507 e. The van der Waals surface area contributed by atoms with E-state index in [0.717, 1.165) is 0 Å². The van der Waals surface area contributed by atoms with Crippen LogP contribution in [0.15, 0.2) is 53.6 Å². The van der Waals surface area contributed by atoms with E-state index in [9.17, 15) is 9.50 Å². The number of halogens is 1. The molecule has 0 radical (unpaired) electrons. The molecule has 1 aliphatic rings. The highest BCUT2D eigenvalue weighted by Gasteiger charge is 2.16. The number of rotatable bonds is 6. The van der Waals surface area contributed by atoms with Gasteiger partial charge >= 0.3 is 0 Å². The van der Waals surface area contributed by atoms with Crippen molar-refractivity contribution in [2.24, 2.45) is 5.10 Å². The Bertz CT molecular complexity index is 1020. The Morgan fingerprint density at radius 3 is 2.50 bits per heavy atom. The van der Waals surface area contributed by atoms with E-state index in [0.29, 0.717) is 49.5 Å². The summed E-state index contributed by atoms with van der Waals surface area (Å²) in [5.74, 6) is 0.775. The Morgan fingerprint density at radius 2 is 1.73 bits per heavy atom. The molecule has 154 valence electrons. The molecule has 1 saturated heterocycles. The average molecular weight is 409 g/mol. The van der Waals surface area contributed by atoms with Gasteiger partial charge in [0.05, 0.1) is 19.4 Å². The van der Waals surface area contributed by atoms with Crippen LogP contribution in [-0.4, -0.2) is 52.6 Å². The van der Waals surface area contributed by atoms with Crippen molar-refractivity contribution in [2.75, 3.05) is 41.9 Å².